The van der Waals surface area contributed by atoms with E-state index in [9.17, 15) is 4.79 Å². The van der Waals surface area contributed by atoms with Gasteiger partial charge in [0.15, 0.2) is 5.82 Å². The summed E-state index contributed by atoms with van der Waals surface area (Å²) in [5, 5.41) is 3.64. The Labute approximate surface area is 169 Å². The van der Waals surface area contributed by atoms with Crippen LogP contribution in [0.3, 0.4) is 0 Å². The lowest BCUT2D eigenvalue weighted by atomic mass is 9.95. The zero-order valence-corrected chi connectivity index (χ0v) is 16.5. The van der Waals surface area contributed by atoms with Crippen molar-refractivity contribution in [2.24, 2.45) is 0 Å². The van der Waals surface area contributed by atoms with Gasteiger partial charge in [0, 0.05) is 29.6 Å². The molecule has 1 saturated carbocycles. The molecule has 1 heterocycles. The van der Waals surface area contributed by atoms with Crippen LogP contribution in [0.5, 0.6) is 10.9 Å². The molecule has 1 aliphatic carbocycles. The van der Waals surface area contributed by atoms with E-state index < -0.39 is 0 Å². The standard InChI is InChI=1S/C22H23N3O2S/c26-21(23-18-9-5-2-6-10-18)17-11-13-19(14-12-17)27-22-24-20(25-28-22)15-16-7-3-1-4-8-16/h1,3-4,7-8,11-14,18H,2,5-6,9-10,15H2,(H,23,26). The van der Waals surface area contributed by atoms with Crippen molar-refractivity contribution in [3.8, 4) is 10.9 Å². The number of nitrogens with one attached hydrogen (secondary N) is 1. The molecule has 3 aromatic rings. The summed E-state index contributed by atoms with van der Waals surface area (Å²) in [5.41, 5.74) is 1.82. The normalized spacial score (nSPS) is 14.6. The molecule has 0 atom stereocenters. The summed E-state index contributed by atoms with van der Waals surface area (Å²) in [4.78, 5) is 16.8. The predicted molar refractivity (Wildman–Crippen MR) is 110 cm³/mol. The van der Waals surface area contributed by atoms with Gasteiger partial charge in [-0.05, 0) is 42.7 Å². The number of benzene rings is 2. The minimum Gasteiger partial charge on any atom is -0.430 e. The highest BCUT2D eigenvalue weighted by Crippen LogP contribution is 2.24. The van der Waals surface area contributed by atoms with Crippen LogP contribution in [0, 0.1) is 0 Å². The van der Waals surface area contributed by atoms with Crippen molar-refractivity contribution in [2.75, 3.05) is 0 Å². The number of ether oxygens (including phenoxy) is 1. The molecule has 0 saturated heterocycles. The molecule has 0 bridgehead atoms. The maximum absolute atomic E-state index is 12.4. The van der Waals surface area contributed by atoms with Gasteiger partial charge in [0.1, 0.15) is 5.75 Å². The van der Waals surface area contributed by atoms with Gasteiger partial charge in [-0.15, -0.1) is 0 Å². The zero-order chi connectivity index (χ0) is 19.2. The van der Waals surface area contributed by atoms with Crippen LogP contribution in [-0.4, -0.2) is 21.3 Å². The van der Waals surface area contributed by atoms with Crippen LogP contribution >= 0.6 is 11.5 Å². The maximum Gasteiger partial charge on any atom is 0.298 e. The smallest absolute Gasteiger partial charge is 0.298 e. The van der Waals surface area contributed by atoms with Crippen LogP contribution in [0.15, 0.2) is 54.6 Å². The first kappa shape index (κ1) is 18.6. The Hall–Kier alpha value is -2.73. The molecule has 6 heteroatoms. The molecule has 0 radical (unpaired) electrons. The van der Waals surface area contributed by atoms with E-state index in [2.05, 4.69) is 26.8 Å². The first-order valence-electron chi connectivity index (χ1n) is 9.71. The molecule has 144 valence electrons. The zero-order valence-electron chi connectivity index (χ0n) is 15.6. The van der Waals surface area contributed by atoms with Crippen LogP contribution in [0.25, 0.3) is 0 Å². The molecule has 28 heavy (non-hydrogen) atoms. The fraction of sp³-hybridized carbons (Fsp3) is 0.318. The van der Waals surface area contributed by atoms with Crippen molar-refractivity contribution in [3.05, 3.63) is 71.5 Å². The fourth-order valence-corrected chi connectivity index (χ4v) is 3.99. The number of amides is 1. The molecule has 1 N–H and O–H groups in total. The molecule has 1 fully saturated rings. The van der Waals surface area contributed by atoms with Gasteiger partial charge in [0.25, 0.3) is 11.1 Å². The van der Waals surface area contributed by atoms with E-state index in [0.717, 1.165) is 18.7 Å². The van der Waals surface area contributed by atoms with Crippen LogP contribution < -0.4 is 10.1 Å². The molecular formula is C22H23N3O2S. The van der Waals surface area contributed by atoms with Gasteiger partial charge >= 0.3 is 0 Å². The van der Waals surface area contributed by atoms with Gasteiger partial charge in [0.05, 0.1) is 0 Å². The minimum absolute atomic E-state index is 0.0143. The fourth-order valence-electron chi connectivity index (χ4n) is 3.42. The van der Waals surface area contributed by atoms with Crippen molar-refractivity contribution in [1.82, 2.24) is 14.7 Å². The molecule has 0 aliphatic heterocycles. The van der Waals surface area contributed by atoms with Gasteiger partial charge in [-0.25, -0.2) is 0 Å². The monoisotopic (exact) mass is 393 g/mol. The van der Waals surface area contributed by atoms with Gasteiger partial charge in [-0.2, -0.15) is 9.36 Å². The highest BCUT2D eigenvalue weighted by molar-refractivity contribution is 7.07. The van der Waals surface area contributed by atoms with Crippen LogP contribution in [0.1, 0.15) is 53.8 Å². The van der Waals surface area contributed by atoms with Crippen molar-refractivity contribution in [3.63, 3.8) is 0 Å². The quantitative estimate of drug-likeness (QED) is 0.641. The maximum atomic E-state index is 12.4. The summed E-state index contributed by atoms with van der Waals surface area (Å²) < 4.78 is 10.2. The first-order chi connectivity index (χ1) is 13.8. The van der Waals surface area contributed by atoms with Crippen LogP contribution in [0.2, 0.25) is 0 Å². The van der Waals surface area contributed by atoms with E-state index in [1.165, 1.54) is 36.4 Å². The topological polar surface area (TPSA) is 64.1 Å². The molecule has 1 aromatic heterocycles. The Morgan fingerprint density at radius 2 is 1.79 bits per heavy atom. The molecule has 1 aliphatic rings. The second kappa shape index (κ2) is 8.97. The lowest BCUT2D eigenvalue weighted by Crippen LogP contribution is -2.36. The minimum atomic E-state index is -0.0143. The largest absolute Gasteiger partial charge is 0.430 e. The summed E-state index contributed by atoms with van der Waals surface area (Å²) in [6.45, 7) is 0. The van der Waals surface area contributed by atoms with Crippen molar-refractivity contribution < 1.29 is 9.53 Å². The second-order valence-electron chi connectivity index (χ2n) is 7.07. The van der Waals surface area contributed by atoms with E-state index >= 15 is 0 Å². The lowest BCUT2D eigenvalue weighted by Gasteiger charge is -2.22. The number of carbonyl (C=O) groups is 1. The summed E-state index contributed by atoms with van der Waals surface area (Å²) in [6, 6.07) is 17.6. The average Bonchev–Trinajstić information content (AvgIpc) is 3.17. The first-order valence-corrected chi connectivity index (χ1v) is 10.5. The number of nitrogens with zero attached hydrogens (tertiary/aromatic N) is 2. The molecular weight excluding hydrogens is 370 g/mol. The van der Waals surface area contributed by atoms with Crippen molar-refractivity contribution >= 4 is 17.4 Å². The van der Waals surface area contributed by atoms with E-state index in [4.69, 9.17) is 4.74 Å². The van der Waals surface area contributed by atoms with E-state index in [1.807, 2.05) is 18.2 Å². The average molecular weight is 394 g/mol. The third-order valence-corrected chi connectivity index (χ3v) is 5.55. The Kier molecular flexibility index (Phi) is 5.97. The lowest BCUT2D eigenvalue weighted by molar-refractivity contribution is 0.0927. The molecule has 0 spiro atoms. The molecule has 4 rings (SSSR count). The van der Waals surface area contributed by atoms with Crippen molar-refractivity contribution in [2.45, 2.75) is 44.6 Å². The summed E-state index contributed by atoms with van der Waals surface area (Å²) >= 11 is 1.23. The Morgan fingerprint density at radius 3 is 2.54 bits per heavy atom. The van der Waals surface area contributed by atoms with Crippen LogP contribution in [0.4, 0.5) is 0 Å². The number of hydrogen-bond acceptors (Lipinski definition) is 5. The Morgan fingerprint density at radius 1 is 1.04 bits per heavy atom. The SMILES string of the molecule is O=C(NC1CCCCC1)c1ccc(Oc2nc(Cc3ccccc3)ns2)cc1. The van der Waals surface area contributed by atoms with Gasteiger partial charge in [0.2, 0.25) is 0 Å². The number of carbonyl (C=O) groups excluding carboxylic acids is 1. The summed E-state index contributed by atoms with van der Waals surface area (Å²) in [5.74, 6) is 1.38. The molecule has 1 amide bonds. The van der Waals surface area contributed by atoms with Gasteiger partial charge in [-0.1, -0.05) is 49.6 Å². The number of aromatic nitrogens is 2. The van der Waals surface area contributed by atoms with Crippen molar-refractivity contribution in [1.29, 1.82) is 0 Å². The highest BCUT2D eigenvalue weighted by Gasteiger charge is 2.16. The van der Waals surface area contributed by atoms with Gasteiger partial charge in [-0.3, -0.25) is 4.79 Å². The third-order valence-electron chi connectivity index (χ3n) is 4.92. The number of rotatable bonds is 6. The number of hydrogen-bond donors (Lipinski definition) is 1. The highest BCUT2D eigenvalue weighted by atomic mass is 32.1. The molecule has 2 aromatic carbocycles. The van der Waals surface area contributed by atoms with E-state index in [-0.39, 0.29) is 5.91 Å². The van der Waals surface area contributed by atoms with E-state index in [1.54, 1.807) is 24.3 Å². The third kappa shape index (κ3) is 4.95. The molecule has 0 unspecified atom stereocenters. The Bertz CT molecular complexity index is 903. The van der Waals surface area contributed by atoms with Crippen LogP contribution in [-0.2, 0) is 6.42 Å². The predicted octanol–water partition coefficient (Wildman–Crippen LogP) is 4.98. The Balaban J connectivity index is 1.33. The summed E-state index contributed by atoms with van der Waals surface area (Å²) in [7, 11) is 0. The summed E-state index contributed by atoms with van der Waals surface area (Å²) in [6.07, 6.45) is 6.51. The van der Waals surface area contributed by atoms with Gasteiger partial charge < -0.3 is 10.1 Å². The second-order valence-corrected chi connectivity index (χ2v) is 7.79. The molecule has 5 nitrogen and oxygen atoms in total. The van der Waals surface area contributed by atoms with E-state index in [0.29, 0.717) is 29.0 Å².